The van der Waals surface area contributed by atoms with Crippen LogP contribution in [0.25, 0.3) is 33.6 Å². The number of aromatic nitrogens is 4. The Morgan fingerprint density at radius 2 is 1.10 bits per heavy atom. The highest BCUT2D eigenvalue weighted by molar-refractivity contribution is 7.10. The van der Waals surface area contributed by atoms with Crippen LogP contribution < -0.4 is 20.1 Å². The number of imidazole rings is 2. The van der Waals surface area contributed by atoms with Gasteiger partial charge in [-0.3, -0.25) is 9.59 Å². The molecule has 0 aliphatic carbocycles. The van der Waals surface area contributed by atoms with Crippen molar-refractivity contribution in [1.29, 1.82) is 0 Å². The van der Waals surface area contributed by atoms with E-state index in [0.29, 0.717) is 72.0 Å². The predicted octanol–water partition coefficient (Wildman–Crippen LogP) is 7.83. The van der Waals surface area contributed by atoms with Crippen molar-refractivity contribution in [3.05, 3.63) is 105 Å². The van der Waals surface area contributed by atoms with Crippen LogP contribution >= 0.6 is 22.7 Å². The average molecular weight is 967 g/mol. The van der Waals surface area contributed by atoms with Crippen LogP contribution in [0.15, 0.2) is 83.8 Å². The third-order valence-electron chi connectivity index (χ3n) is 11.9. The number of aromatic amines is 2. The van der Waals surface area contributed by atoms with E-state index in [-0.39, 0.29) is 37.1 Å². The first kappa shape index (κ1) is 47.7. The number of benzene rings is 2. The summed E-state index contributed by atoms with van der Waals surface area (Å²) in [5.74, 6) is 1.77. The first-order valence-corrected chi connectivity index (χ1v) is 24.0. The number of thiophene rings is 2. The molecule has 4 atom stereocenters. The van der Waals surface area contributed by atoms with Crippen LogP contribution in [0.1, 0.15) is 71.3 Å². The molecule has 2 aromatic carbocycles. The molecule has 2 saturated heterocycles. The molecule has 18 nitrogen and oxygen atoms in total. The van der Waals surface area contributed by atoms with Gasteiger partial charge in [0.05, 0.1) is 63.3 Å². The van der Waals surface area contributed by atoms with Gasteiger partial charge in [-0.05, 0) is 71.8 Å². The van der Waals surface area contributed by atoms with Crippen LogP contribution in [0.4, 0.5) is 9.59 Å². The fourth-order valence-corrected chi connectivity index (χ4v) is 10.1. The van der Waals surface area contributed by atoms with Crippen molar-refractivity contribution in [3.8, 4) is 45.1 Å². The Balaban J connectivity index is 1.06. The van der Waals surface area contributed by atoms with Crippen LogP contribution in [-0.2, 0) is 28.5 Å². The molecule has 8 rings (SSSR count). The third-order valence-corrected chi connectivity index (χ3v) is 13.8. The molecule has 2 aliphatic heterocycles. The maximum absolute atomic E-state index is 14.1. The van der Waals surface area contributed by atoms with E-state index in [0.717, 1.165) is 46.5 Å². The summed E-state index contributed by atoms with van der Waals surface area (Å²) in [5, 5.41) is 9.16. The molecule has 2 fully saturated rings. The van der Waals surface area contributed by atoms with Crippen LogP contribution in [-0.4, -0.2) is 122 Å². The number of nitrogens with zero attached hydrogens (tertiary/aromatic N) is 4. The normalized spacial score (nSPS) is 16.6. The van der Waals surface area contributed by atoms with Gasteiger partial charge in [0.25, 0.3) is 11.8 Å². The van der Waals surface area contributed by atoms with Crippen molar-refractivity contribution in [3.63, 3.8) is 0 Å². The fraction of sp³-hybridized carbons (Fsp3) is 0.375. The first-order valence-electron chi connectivity index (χ1n) is 22.2. The van der Waals surface area contributed by atoms with Gasteiger partial charge < -0.3 is 58.8 Å². The molecule has 6 aromatic rings. The summed E-state index contributed by atoms with van der Waals surface area (Å²) in [7, 11) is 5.76. The molecule has 4 aromatic heterocycles. The zero-order valence-corrected chi connectivity index (χ0v) is 39.8. The second-order valence-electron chi connectivity index (χ2n) is 16.0. The zero-order chi connectivity index (χ0) is 47.6. The molecule has 0 saturated carbocycles. The molecule has 20 heteroatoms. The third kappa shape index (κ3) is 10.5. The Bertz CT molecular complexity index is 2640. The van der Waals surface area contributed by atoms with Gasteiger partial charge in [0.15, 0.2) is 11.5 Å². The van der Waals surface area contributed by atoms with E-state index < -0.39 is 24.3 Å². The molecule has 0 radical (unpaired) electrons. The topological polar surface area (TPSA) is 212 Å². The minimum absolute atomic E-state index is 0.224. The summed E-state index contributed by atoms with van der Waals surface area (Å²) in [6, 6.07) is 16.8. The molecule has 4 amide bonds. The Kier molecular flexibility index (Phi) is 15.7. The summed E-state index contributed by atoms with van der Waals surface area (Å²) >= 11 is 2.78. The van der Waals surface area contributed by atoms with E-state index in [1.165, 1.54) is 36.9 Å². The maximum atomic E-state index is 14.1. The lowest BCUT2D eigenvalue weighted by molar-refractivity contribution is -0.135. The number of rotatable bonds is 19. The van der Waals surface area contributed by atoms with Crippen molar-refractivity contribution in [1.82, 2.24) is 40.4 Å². The van der Waals surface area contributed by atoms with E-state index >= 15 is 0 Å². The first-order chi connectivity index (χ1) is 33.2. The quantitative estimate of drug-likeness (QED) is 0.0573. The predicted molar refractivity (Wildman–Crippen MR) is 254 cm³/mol. The highest BCUT2D eigenvalue weighted by Crippen LogP contribution is 2.46. The van der Waals surface area contributed by atoms with E-state index in [1.807, 2.05) is 71.4 Å². The van der Waals surface area contributed by atoms with Gasteiger partial charge in [0, 0.05) is 48.2 Å². The Hall–Kier alpha value is -6.74. The van der Waals surface area contributed by atoms with Gasteiger partial charge >= 0.3 is 12.2 Å². The average Bonchev–Trinajstić information content (AvgIpc) is 4.22. The molecule has 4 N–H and O–H groups in total. The lowest BCUT2D eigenvalue weighted by Crippen LogP contribution is -2.42. The number of alkyl carbamates (subject to hydrolysis) is 2. The van der Waals surface area contributed by atoms with Crippen molar-refractivity contribution in [2.24, 2.45) is 0 Å². The Morgan fingerprint density at radius 1 is 0.632 bits per heavy atom. The lowest BCUT2D eigenvalue weighted by atomic mass is 9.98. The number of carbonyl (C=O) groups is 4. The Morgan fingerprint density at radius 3 is 1.59 bits per heavy atom. The maximum Gasteiger partial charge on any atom is 0.407 e. The van der Waals surface area contributed by atoms with Crippen LogP contribution in [0.5, 0.6) is 11.5 Å². The number of amides is 4. The minimum atomic E-state index is -0.905. The SMILES string of the molecule is COCCOc1c(-c2ccc(-c3cnc(C4CCCN4C(=O)C(NC(=O)OC)c4cccs4)[nH]3)cc2)ccc(-c2cnc(C3CCCN3C(=O)C(NC(=O)OC)c3cccs3)[nH]2)c1OCCOC. The summed E-state index contributed by atoms with van der Waals surface area (Å²) in [4.78, 5) is 74.1. The largest absolute Gasteiger partial charge is 0.487 e. The minimum Gasteiger partial charge on any atom is -0.487 e. The highest BCUT2D eigenvalue weighted by Gasteiger charge is 2.39. The molecule has 6 heterocycles. The number of nitrogens with one attached hydrogen (secondary N) is 4. The van der Waals surface area contributed by atoms with Gasteiger partial charge in [0.1, 0.15) is 36.9 Å². The standard InChI is InChI=1S/C48H54N8O10S2/c1-61-21-23-65-41-31(29-13-15-30(16-14-29)33-27-49-43(51-33)35-9-5-19-55(35)45(57)39(53-47(59)63-3)37-11-7-25-67-37)17-18-32(42(41)66-24-22-62-2)34-28-50-44(52-34)36-10-6-20-56(36)46(58)40(54-48(60)64-4)38-12-8-26-68-38/h7-8,11-18,25-28,35-36,39-40H,5-6,9-10,19-24H2,1-4H3,(H,49,51)(H,50,52)(H,53,59)(H,54,60). The van der Waals surface area contributed by atoms with E-state index in [4.69, 9.17) is 38.4 Å². The van der Waals surface area contributed by atoms with Gasteiger partial charge in [-0.2, -0.15) is 0 Å². The van der Waals surface area contributed by atoms with Crippen molar-refractivity contribution < 1.29 is 47.6 Å². The second kappa shape index (κ2) is 22.4. The summed E-state index contributed by atoms with van der Waals surface area (Å²) < 4.78 is 33.4. The van der Waals surface area contributed by atoms with Gasteiger partial charge in [-0.1, -0.05) is 36.4 Å². The highest BCUT2D eigenvalue weighted by atomic mass is 32.1. The summed E-state index contributed by atoms with van der Waals surface area (Å²) in [6.07, 6.45) is 5.07. The number of likely N-dealkylation sites (tertiary alicyclic amines) is 2. The van der Waals surface area contributed by atoms with Crippen LogP contribution in [0, 0.1) is 0 Å². The van der Waals surface area contributed by atoms with E-state index in [9.17, 15) is 19.2 Å². The molecule has 4 unspecified atom stereocenters. The molecule has 358 valence electrons. The number of H-pyrrole nitrogens is 2. The van der Waals surface area contributed by atoms with Crippen LogP contribution in [0.2, 0.25) is 0 Å². The fourth-order valence-electron chi connectivity index (χ4n) is 8.60. The summed E-state index contributed by atoms with van der Waals surface area (Å²) in [5.41, 5.74) is 4.66. The number of carbonyl (C=O) groups excluding carboxylic acids is 4. The molecule has 0 bridgehead atoms. The summed E-state index contributed by atoms with van der Waals surface area (Å²) in [6.45, 7) is 2.16. The zero-order valence-electron chi connectivity index (χ0n) is 38.2. The van der Waals surface area contributed by atoms with Crippen molar-refractivity contribution in [2.45, 2.75) is 49.9 Å². The number of hydrogen-bond donors (Lipinski definition) is 4. The Labute approximate surface area is 401 Å². The molecule has 68 heavy (non-hydrogen) atoms. The number of methoxy groups -OCH3 is 4. The number of hydrogen-bond acceptors (Lipinski definition) is 14. The van der Waals surface area contributed by atoms with Gasteiger partial charge in [-0.25, -0.2) is 19.6 Å². The van der Waals surface area contributed by atoms with Crippen molar-refractivity contribution >= 4 is 46.7 Å². The molecular weight excluding hydrogens is 913 g/mol. The second-order valence-corrected chi connectivity index (χ2v) is 17.9. The van der Waals surface area contributed by atoms with Gasteiger partial charge in [-0.15, -0.1) is 22.7 Å². The van der Waals surface area contributed by atoms with Crippen LogP contribution in [0.3, 0.4) is 0 Å². The molecular formula is C48H54N8O10S2. The van der Waals surface area contributed by atoms with Crippen molar-refractivity contribution in [2.75, 3.05) is 68.0 Å². The van der Waals surface area contributed by atoms with E-state index in [1.54, 1.807) is 36.4 Å². The van der Waals surface area contributed by atoms with E-state index in [2.05, 4.69) is 20.6 Å². The number of ether oxygens (including phenoxy) is 6. The molecule has 0 spiro atoms. The monoisotopic (exact) mass is 966 g/mol. The van der Waals surface area contributed by atoms with Gasteiger partial charge in [0.2, 0.25) is 0 Å². The molecule has 2 aliphatic rings. The lowest BCUT2D eigenvalue weighted by Gasteiger charge is -2.27. The smallest absolute Gasteiger partial charge is 0.407 e.